The van der Waals surface area contributed by atoms with Gasteiger partial charge in [0.1, 0.15) is 5.75 Å². The van der Waals surface area contributed by atoms with Crippen molar-refractivity contribution in [3.63, 3.8) is 0 Å². The van der Waals surface area contributed by atoms with Gasteiger partial charge in [-0.15, -0.1) is 0 Å². The topological polar surface area (TPSA) is 30.5 Å². The normalized spacial score (nSPS) is 27.4. The van der Waals surface area contributed by atoms with Crippen LogP contribution in [0, 0.1) is 0 Å². The maximum Gasteiger partial charge on any atom is 0.137 e. The Hall–Kier alpha value is -0.770. The lowest BCUT2D eigenvalue weighted by Crippen LogP contribution is -2.27. The second kappa shape index (κ2) is 3.91. The average Bonchev–Trinajstić information content (AvgIpc) is 2.77. The van der Waals surface area contributed by atoms with E-state index in [0.717, 1.165) is 23.9 Å². The molecule has 2 aliphatic heterocycles. The van der Waals surface area contributed by atoms with Crippen LogP contribution in [0.4, 0.5) is 0 Å². The molecule has 16 heavy (non-hydrogen) atoms. The summed E-state index contributed by atoms with van der Waals surface area (Å²) in [7, 11) is 1.65. The summed E-state index contributed by atoms with van der Waals surface area (Å²) in [4.78, 5) is 0. The van der Waals surface area contributed by atoms with Crippen LogP contribution in [0.3, 0.4) is 0 Å². The first-order chi connectivity index (χ1) is 7.81. The minimum Gasteiger partial charge on any atom is -0.495 e. The molecule has 2 atom stereocenters. The van der Waals surface area contributed by atoms with Gasteiger partial charge in [0, 0.05) is 19.0 Å². The average molecular weight is 240 g/mol. The molecular weight excluding hydrogens is 226 g/mol. The smallest absolute Gasteiger partial charge is 0.137 e. The van der Waals surface area contributed by atoms with Gasteiger partial charge >= 0.3 is 0 Å². The third-order valence-electron chi connectivity index (χ3n) is 3.44. The predicted octanol–water partition coefficient (Wildman–Crippen LogP) is 1.93. The van der Waals surface area contributed by atoms with Crippen molar-refractivity contribution in [3.8, 4) is 5.75 Å². The summed E-state index contributed by atoms with van der Waals surface area (Å²) in [5, 5.41) is 4.10. The van der Waals surface area contributed by atoms with Gasteiger partial charge in [-0.05, 0) is 17.2 Å². The number of rotatable bonds is 1. The fourth-order valence-corrected chi connectivity index (χ4v) is 3.01. The Morgan fingerprint density at radius 3 is 3.12 bits per heavy atom. The fraction of sp³-hybridized carbons (Fsp3) is 0.500. The van der Waals surface area contributed by atoms with Crippen LogP contribution < -0.4 is 10.1 Å². The number of methoxy groups -OCH3 is 1. The van der Waals surface area contributed by atoms with Gasteiger partial charge in [-0.3, -0.25) is 0 Å². The van der Waals surface area contributed by atoms with Crippen molar-refractivity contribution >= 4 is 11.6 Å². The molecule has 1 saturated heterocycles. The van der Waals surface area contributed by atoms with Crippen LogP contribution >= 0.6 is 11.6 Å². The third kappa shape index (κ3) is 1.43. The molecule has 1 fully saturated rings. The van der Waals surface area contributed by atoms with E-state index in [4.69, 9.17) is 21.1 Å². The van der Waals surface area contributed by atoms with E-state index in [-0.39, 0.29) is 6.10 Å². The van der Waals surface area contributed by atoms with E-state index < -0.39 is 0 Å². The molecule has 0 unspecified atom stereocenters. The first-order valence-corrected chi connectivity index (χ1v) is 5.86. The van der Waals surface area contributed by atoms with Crippen LogP contribution in [0.5, 0.6) is 5.75 Å². The van der Waals surface area contributed by atoms with Crippen molar-refractivity contribution in [1.29, 1.82) is 0 Å². The summed E-state index contributed by atoms with van der Waals surface area (Å²) in [6, 6.07) is 3.96. The highest BCUT2D eigenvalue weighted by Gasteiger charge is 2.36. The molecule has 1 N–H and O–H groups in total. The standard InChI is InChI=1S/C12H14ClNO2/c1-15-9-3-2-7-6-16-10-5-14-4-8(10)11(7)12(9)13/h2-3,8,10,14H,4-6H2,1H3/t8-,10+/m0/s1. The zero-order valence-corrected chi connectivity index (χ0v) is 9.88. The highest BCUT2D eigenvalue weighted by Crippen LogP contribution is 2.41. The van der Waals surface area contributed by atoms with E-state index >= 15 is 0 Å². The molecule has 0 saturated carbocycles. The third-order valence-corrected chi connectivity index (χ3v) is 3.83. The molecular formula is C12H14ClNO2. The Bertz CT molecular complexity index is 422. The van der Waals surface area contributed by atoms with Crippen molar-refractivity contribution in [3.05, 3.63) is 28.3 Å². The Morgan fingerprint density at radius 1 is 1.44 bits per heavy atom. The van der Waals surface area contributed by atoms with Crippen LogP contribution in [0.25, 0.3) is 0 Å². The molecule has 1 aromatic rings. The monoisotopic (exact) mass is 239 g/mol. The fourth-order valence-electron chi connectivity index (χ4n) is 2.61. The van der Waals surface area contributed by atoms with E-state index in [9.17, 15) is 0 Å². The zero-order chi connectivity index (χ0) is 11.1. The number of benzene rings is 1. The number of fused-ring (bicyclic) bond motifs is 3. The van der Waals surface area contributed by atoms with Crippen molar-refractivity contribution in [2.45, 2.75) is 18.6 Å². The van der Waals surface area contributed by atoms with Crippen LogP contribution in [0.1, 0.15) is 17.0 Å². The van der Waals surface area contributed by atoms with E-state index in [0.29, 0.717) is 12.5 Å². The molecule has 3 nitrogen and oxygen atoms in total. The Kier molecular flexibility index (Phi) is 2.54. The molecule has 0 spiro atoms. The minimum atomic E-state index is 0.261. The van der Waals surface area contributed by atoms with Crippen LogP contribution in [0.2, 0.25) is 5.02 Å². The molecule has 4 heteroatoms. The molecule has 1 aromatic carbocycles. The number of hydrogen-bond acceptors (Lipinski definition) is 3. The minimum absolute atomic E-state index is 0.261. The van der Waals surface area contributed by atoms with E-state index in [2.05, 4.69) is 11.4 Å². The van der Waals surface area contributed by atoms with Crippen LogP contribution in [0.15, 0.2) is 12.1 Å². The highest BCUT2D eigenvalue weighted by molar-refractivity contribution is 6.33. The summed E-state index contributed by atoms with van der Waals surface area (Å²) < 4.78 is 11.1. The summed E-state index contributed by atoms with van der Waals surface area (Å²) in [5.74, 6) is 1.12. The van der Waals surface area contributed by atoms with Crippen LogP contribution in [-0.2, 0) is 11.3 Å². The maximum atomic E-state index is 6.39. The van der Waals surface area contributed by atoms with E-state index in [1.54, 1.807) is 7.11 Å². The molecule has 0 amide bonds. The summed E-state index contributed by atoms with van der Waals surface area (Å²) in [6.07, 6.45) is 0.261. The first kappa shape index (κ1) is 10.4. The lowest BCUT2D eigenvalue weighted by atomic mass is 9.89. The number of nitrogens with one attached hydrogen (secondary N) is 1. The first-order valence-electron chi connectivity index (χ1n) is 5.49. The van der Waals surface area contributed by atoms with Gasteiger partial charge in [0.15, 0.2) is 0 Å². The second-order valence-electron chi connectivity index (χ2n) is 4.27. The Balaban J connectivity index is 2.11. The van der Waals surface area contributed by atoms with Crippen molar-refractivity contribution in [1.82, 2.24) is 5.32 Å². The van der Waals surface area contributed by atoms with Crippen molar-refractivity contribution in [2.24, 2.45) is 0 Å². The summed E-state index contributed by atoms with van der Waals surface area (Å²) in [6.45, 7) is 2.50. The highest BCUT2D eigenvalue weighted by atomic mass is 35.5. The van der Waals surface area contributed by atoms with Gasteiger partial charge in [0.25, 0.3) is 0 Å². The van der Waals surface area contributed by atoms with Crippen molar-refractivity contribution in [2.75, 3.05) is 20.2 Å². The summed E-state index contributed by atoms with van der Waals surface area (Å²) >= 11 is 6.39. The van der Waals surface area contributed by atoms with Gasteiger partial charge in [0.2, 0.25) is 0 Å². The second-order valence-corrected chi connectivity index (χ2v) is 4.65. The largest absolute Gasteiger partial charge is 0.495 e. The van der Waals surface area contributed by atoms with Crippen molar-refractivity contribution < 1.29 is 9.47 Å². The predicted molar refractivity (Wildman–Crippen MR) is 62.2 cm³/mol. The van der Waals surface area contributed by atoms with Gasteiger partial charge in [0.05, 0.1) is 24.8 Å². The van der Waals surface area contributed by atoms with Gasteiger partial charge < -0.3 is 14.8 Å². The molecule has 0 radical (unpaired) electrons. The van der Waals surface area contributed by atoms with E-state index in [1.165, 1.54) is 11.1 Å². The van der Waals surface area contributed by atoms with Gasteiger partial charge in [-0.1, -0.05) is 17.7 Å². The quantitative estimate of drug-likeness (QED) is 0.813. The number of hydrogen-bond donors (Lipinski definition) is 1. The van der Waals surface area contributed by atoms with Gasteiger partial charge in [-0.25, -0.2) is 0 Å². The zero-order valence-electron chi connectivity index (χ0n) is 9.13. The molecule has 2 aliphatic rings. The molecule has 2 heterocycles. The molecule has 3 rings (SSSR count). The van der Waals surface area contributed by atoms with E-state index in [1.807, 2.05) is 6.07 Å². The SMILES string of the molecule is COc1ccc2c(c1Cl)[C@H]1CNC[C@H]1OC2. The maximum absolute atomic E-state index is 6.39. The number of halogens is 1. The summed E-state index contributed by atoms with van der Waals surface area (Å²) in [5.41, 5.74) is 2.40. The van der Waals surface area contributed by atoms with Gasteiger partial charge in [-0.2, -0.15) is 0 Å². The van der Waals surface area contributed by atoms with Crippen LogP contribution in [-0.4, -0.2) is 26.3 Å². The molecule has 0 aliphatic carbocycles. The molecule has 86 valence electrons. The Morgan fingerprint density at radius 2 is 2.31 bits per heavy atom. The molecule has 0 bridgehead atoms. The molecule has 0 aromatic heterocycles. The lowest BCUT2D eigenvalue weighted by molar-refractivity contribution is 0.0299. The Labute approximate surface area is 99.7 Å². The lowest BCUT2D eigenvalue weighted by Gasteiger charge is -2.29. The number of ether oxygens (including phenoxy) is 2.